The van der Waals surface area contributed by atoms with Crippen LogP contribution in [-0.2, 0) is 14.3 Å². The van der Waals surface area contributed by atoms with Crippen molar-refractivity contribution in [2.24, 2.45) is 17.8 Å². The predicted octanol–water partition coefficient (Wildman–Crippen LogP) is 1.47. The molecule has 3 unspecified atom stereocenters. The molecule has 0 bridgehead atoms. The maximum Gasteiger partial charge on any atom is 0.254 e. The number of rotatable bonds is 8. The molecule has 0 spiro atoms. The van der Waals surface area contributed by atoms with Crippen molar-refractivity contribution in [2.45, 2.75) is 32.9 Å². The zero-order chi connectivity index (χ0) is 19.7. The molecule has 27 heavy (non-hydrogen) atoms. The van der Waals surface area contributed by atoms with Crippen LogP contribution in [0.1, 0.15) is 35.9 Å². The monoisotopic (exact) mass is 377 g/mol. The summed E-state index contributed by atoms with van der Waals surface area (Å²) >= 11 is 0. The molecule has 2 heterocycles. The van der Waals surface area contributed by atoms with Gasteiger partial charge in [-0.3, -0.25) is 9.59 Å². The number of aromatic nitrogens is 1. The number of fused-ring (bicyclic) bond motifs is 1. The van der Waals surface area contributed by atoms with Gasteiger partial charge in [0.1, 0.15) is 0 Å². The first-order valence-corrected chi connectivity index (χ1v) is 9.65. The minimum atomic E-state index is -0.529. The molecule has 150 valence electrons. The summed E-state index contributed by atoms with van der Waals surface area (Å²) in [4.78, 5) is 26.8. The van der Waals surface area contributed by atoms with Crippen LogP contribution in [0.2, 0.25) is 0 Å². The van der Waals surface area contributed by atoms with Gasteiger partial charge in [0.15, 0.2) is 6.10 Å². The molecule has 2 aliphatic rings. The Labute approximate surface area is 161 Å². The molecular weight excluding hydrogens is 346 g/mol. The number of hydrogen-bond acceptors (Lipinski definition) is 4. The van der Waals surface area contributed by atoms with Gasteiger partial charge in [-0.1, -0.05) is 0 Å². The van der Waals surface area contributed by atoms with Crippen LogP contribution in [0, 0.1) is 24.7 Å². The van der Waals surface area contributed by atoms with Crippen molar-refractivity contribution in [2.75, 3.05) is 40.5 Å². The number of ether oxygens (including phenoxy) is 2. The quantitative estimate of drug-likeness (QED) is 0.745. The Morgan fingerprint density at radius 1 is 1.26 bits per heavy atom. The van der Waals surface area contributed by atoms with Crippen LogP contribution in [-0.4, -0.2) is 67.8 Å². The largest absolute Gasteiger partial charge is 0.381 e. The fraction of sp³-hybridized carbons (Fsp3) is 0.700. The van der Waals surface area contributed by atoms with Crippen LogP contribution in [0.25, 0.3) is 0 Å². The maximum atomic E-state index is 12.5. The summed E-state index contributed by atoms with van der Waals surface area (Å²) in [6.07, 6.45) is 1.44. The number of nitrogens with zero attached hydrogens (tertiary/aromatic N) is 2. The first-order valence-electron chi connectivity index (χ1n) is 9.65. The number of carbonyl (C=O) groups excluding carboxylic acids is 2. The van der Waals surface area contributed by atoms with Crippen molar-refractivity contribution in [3.8, 4) is 0 Å². The van der Waals surface area contributed by atoms with Gasteiger partial charge in [-0.15, -0.1) is 0 Å². The zero-order valence-electron chi connectivity index (χ0n) is 16.9. The number of methoxy groups -OCH3 is 2. The molecular formula is C20H31N3O4. The van der Waals surface area contributed by atoms with Gasteiger partial charge in [-0.05, 0) is 44.6 Å². The second kappa shape index (κ2) is 8.02. The molecule has 0 aromatic carbocycles. The molecule has 7 nitrogen and oxygen atoms in total. The lowest BCUT2D eigenvalue weighted by Gasteiger charge is -2.24. The van der Waals surface area contributed by atoms with Gasteiger partial charge in [-0.2, -0.15) is 0 Å². The average Bonchev–Trinajstić information content (AvgIpc) is 2.99. The van der Waals surface area contributed by atoms with Crippen LogP contribution < -0.4 is 5.32 Å². The number of piperidine rings is 1. The first kappa shape index (κ1) is 19.9. The maximum absolute atomic E-state index is 12.5. The third kappa shape index (κ3) is 3.89. The normalized spacial score (nSPS) is 24.8. The second-order valence-electron chi connectivity index (χ2n) is 7.94. The molecule has 7 heteroatoms. The predicted molar refractivity (Wildman–Crippen MR) is 102 cm³/mol. The van der Waals surface area contributed by atoms with Crippen molar-refractivity contribution >= 4 is 11.8 Å². The van der Waals surface area contributed by atoms with Gasteiger partial charge in [0.2, 0.25) is 0 Å². The summed E-state index contributed by atoms with van der Waals surface area (Å²) < 4.78 is 12.4. The number of nitrogens with one attached hydrogen (secondary N) is 1. The minimum absolute atomic E-state index is 0.0000134. The highest BCUT2D eigenvalue weighted by molar-refractivity contribution is 5.95. The minimum Gasteiger partial charge on any atom is -0.381 e. The van der Waals surface area contributed by atoms with E-state index in [0.29, 0.717) is 30.3 Å². The van der Waals surface area contributed by atoms with Crippen LogP contribution in [0.15, 0.2) is 12.3 Å². The highest BCUT2D eigenvalue weighted by atomic mass is 16.5. The Hall–Kier alpha value is -1.86. The van der Waals surface area contributed by atoms with E-state index in [2.05, 4.69) is 23.7 Å². The molecule has 0 radical (unpaired) electrons. The summed E-state index contributed by atoms with van der Waals surface area (Å²) in [6.45, 7) is 8.63. The first-order chi connectivity index (χ1) is 12.9. The SMILES string of the molecule is COCC(OC)C(=O)N1CC2C(CNC(=O)c3ccn(C(C)C)c3C)C2C1. The van der Waals surface area contributed by atoms with E-state index in [1.165, 1.54) is 7.11 Å². The number of carbonyl (C=O) groups is 2. The van der Waals surface area contributed by atoms with Gasteiger partial charge in [0.25, 0.3) is 11.8 Å². The van der Waals surface area contributed by atoms with E-state index in [9.17, 15) is 9.59 Å². The summed E-state index contributed by atoms with van der Waals surface area (Å²) in [7, 11) is 3.10. The summed E-state index contributed by atoms with van der Waals surface area (Å²) in [5.74, 6) is 1.42. The van der Waals surface area contributed by atoms with E-state index in [4.69, 9.17) is 9.47 Å². The third-order valence-electron chi connectivity index (χ3n) is 6.04. The summed E-state index contributed by atoms with van der Waals surface area (Å²) in [6, 6.07) is 2.23. The third-order valence-corrected chi connectivity index (χ3v) is 6.04. The zero-order valence-corrected chi connectivity index (χ0v) is 16.9. The Morgan fingerprint density at radius 3 is 2.44 bits per heavy atom. The molecule has 1 saturated carbocycles. The Bertz CT molecular complexity index is 687. The highest BCUT2D eigenvalue weighted by Gasteiger charge is 2.56. The van der Waals surface area contributed by atoms with Crippen LogP contribution >= 0.6 is 0 Å². The molecule has 1 N–H and O–H groups in total. The van der Waals surface area contributed by atoms with Crippen molar-refractivity contribution in [1.29, 1.82) is 0 Å². The Kier molecular flexibility index (Phi) is 5.91. The lowest BCUT2D eigenvalue weighted by atomic mass is 10.2. The standard InChI is InChI=1S/C20H31N3O4/c1-12(2)23-7-6-14(13(23)3)19(24)21-8-15-16-9-22(10-17(15)16)20(25)18(27-5)11-26-4/h6-7,12,15-18H,8-11H2,1-5H3,(H,21,24). The molecule has 1 aliphatic heterocycles. The lowest BCUT2D eigenvalue weighted by Crippen LogP contribution is -2.42. The van der Waals surface area contributed by atoms with E-state index < -0.39 is 6.10 Å². The molecule has 2 amide bonds. The lowest BCUT2D eigenvalue weighted by molar-refractivity contribution is -0.144. The van der Waals surface area contributed by atoms with E-state index in [1.54, 1.807) is 7.11 Å². The second-order valence-corrected chi connectivity index (χ2v) is 7.94. The molecule has 1 aliphatic carbocycles. The molecule has 3 rings (SSSR count). The summed E-state index contributed by atoms with van der Waals surface area (Å²) in [5, 5.41) is 3.08. The highest BCUT2D eigenvalue weighted by Crippen LogP contribution is 2.51. The topological polar surface area (TPSA) is 72.8 Å². The van der Waals surface area contributed by atoms with Gasteiger partial charge in [0, 0.05) is 51.8 Å². The number of likely N-dealkylation sites (tertiary alicyclic amines) is 1. The van der Waals surface area contributed by atoms with E-state index in [1.807, 2.05) is 24.1 Å². The van der Waals surface area contributed by atoms with Gasteiger partial charge in [-0.25, -0.2) is 0 Å². The van der Waals surface area contributed by atoms with Crippen molar-refractivity contribution in [1.82, 2.24) is 14.8 Å². The van der Waals surface area contributed by atoms with Gasteiger partial charge < -0.3 is 24.3 Å². The fourth-order valence-corrected chi connectivity index (χ4v) is 4.36. The number of hydrogen-bond donors (Lipinski definition) is 1. The molecule has 1 aromatic heterocycles. The van der Waals surface area contributed by atoms with Crippen molar-refractivity contribution < 1.29 is 19.1 Å². The van der Waals surface area contributed by atoms with Crippen LogP contribution in [0.4, 0.5) is 0 Å². The van der Waals surface area contributed by atoms with E-state index in [0.717, 1.165) is 24.3 Å². The number of amides is 2. The average molecular weight is 377 g/mol. The van der Waals surface area contributed by atoms with Crippen LogP contribution in [0.3, 0.4) is 0 Å². The molecule has 1 aromatic rings. The molecule has 1 saturated heterocycles. The van der Waals surface area contributed by atoms with Crippen LogP contribution in [0.5, 0.6) is 0 Å². The molecule has 3 atom stereocenters. The summed E-state index contributed by atoms with van der Waals surface area (Å²) in [5.41, 5.74) is 1.74. The van der Waals surface area contributed by atoms with Crippen molar-refractivity contribution in [3.05, 3.63) is 23.5 Å². The Morgan fingerprint density at radius 2 is 1.93 bits per heavy atom. The Balaban J connectivity index is 1.47. The van der Waals surface area contributed by atoms with E-state index in [-0.39, 0.29) is 18.4 Å². The molecule has 2 fully saturated rings. The van der Waals surface area contributed by atoms with Crippen molar-refractivity contribution in [3.63, 3.8) is 0 Å². The van der Waals surface area contributed by atoms with E-state index >= 15 is 0 Å². The van der Waals surface area contributed by atoms with Gasteiger partial charge >= 0.3 is 0 Å². The van der Waals surface area contributed by atoms with Gasteiger partial charge in [0.05, 0.1) is 12.2 Å². The smallest absolute Gasteiger partial charge is 0.254 e. The fourth-order valence-electron chi connectivity index (χ4n) is 4.36.